The molecule has 0 bridgehead atoms. The summed E-state index contributed by atoms with van der Waals surface area (Å²) in [6.45, 7) is 10.3. The molecule has 1 amide bonds. The Hall–Kier alpha value is -2.43. The SMILES string of the molecule is Cc1cnc(CCNC(=O)c2cccn(C(C)(C)C)c2=O)c(C)c1. The lowest BCUT2D eigenvalue weighted by Crippen LogP contribution is -2.39. The second-order valence-corrected chi connectivity index (χ2v) is 7.05. The molecule has 5 heteroatoms. The van der Waals surface area contributed by atoms with Crippen molar-refractivity contribution >= 4 is 5.91 Å². The van der Waals surface area contributed by atoms with Gasteiger partial charge in [0, 0.05) is 36.6 Å². The molecular formula is C19H25N3O2. The van der Waals surface area contributed by atoms with Gasteiger partial charge >= 0.3 is 0 Å². The van der Waals surface area contributed by atoms with Gasteiger partial charge < -0.3 is 9.88 Å². The third-order valence-electron chi connectivity index (χ3n) is 3.89. The Balaban J connectivity index is 2.07. The summed E-state index contributed by atoms with van der Waals surface area (Å²) in [5, 5.41) is 2.82. The molecular weight excluding hydrogens is 302 g/mol. The first-order valence-electron chi connectivity index (χ1n) is 8.12. The predicted octanol–water partition coefficient (Wildman–Crippen LogP) is 2.59. The van der Waals surface area contributed by atoms with Crippen LogP contribution < -0.4 is 10.9 Å². The van der Waals surface area contributed by atoms with Crippen LogP contribution in [0.5, 0.6) is 0 Å². The van der Waals surface area contributed by atoms with E-state index in [1.165, 1.54) is 0 Å². The van der Waals surface area contributed by atoms with Crippen LogP contribution in [0.25, 0.3) is 0 Å². The minimum atomic E-state index is -0.365. The maximum Gasteiger partial charge on any atom is 0.263 e. The van der Waals surface area contributed by atoms with Crippen molar-refractivity contribution in [1.82, 2.24) is 14.9 Å². The van der Waals surface area contributed by atoms with Gasteiger partial charge in [0.25, 0.3) is 11.5 Å². The Morgan fingerprint density at radius 1 is 1.29 bits per heavy atom. The topological polar surface area (TPSA) is 64.0 Å². The number of hydrogen-bond acceptors (Lipinski definition) is 3. The molecule has 0 unspecified atom stereocenters. The van der Waals surface area contributed by atoms with Crippen LogP contribution in [-0.4, -0.2) is 22.0 Å². The number of nitrogens with zero attached hydrogens (tertiary/aromatic N) is 2. The zero-order valence-corrected chi connectivity index (χ0v) is 15.0. The molecule has 5 nitrogen and oxygen atoms in total. The van der Waals surface area contributed by atoms with Crippen molar-refractivity contribution in [1.29, 1.82) is 0 Å². The predicted molar refractivity (Wildman–Crippen MR) is 95.4 cm³/mol. The minimum absolute atomic E-state index is 0.168. The van der Waals surface area contributed by atoms with Gasteiger partial charge in [-0.2, -0.15) is 0 Å². The first-order chi connectivity index (χ1) is 11.2. The van der Waals surface area contributed by atoms with Crippen LogP contribution in [-0.2, 0) is 12.0 Å². The van der Waals surface area contributed by atoms with Crippen LogP contribution in [0, 0.1) is 13.8 Å². The van der Waals surface area contributed by atoms with Crippen molar-refractivity contribution in [2.75, 3.05) is 6.54 Å². The summed E-state index contributed by atoms with van der Waals surface area (Å²) in [7, 11) is 0. The molecule has 0 aliphatic carbocycles. The highest BCUT2D eigenvalue weighted by atomic mass is 16.2. The van der Waals surface area contributed by atoms with Gasteiger partial charge in [-0.3, -0.25) is 14.6 Å². The number of pyridine rings is 2. The van der Waals surface area contributed by atoms with Gasteiger partial charge in [0.05, 0.1) is 0 Å². The zero-order valence-electron chi connectivity index (χ0n) is 15.0. The van der Waals surface area contributed by atoms with E-state index >= 15 is 0 Å². The lowest BCUT2D eigenvalue weighted by Gasteiger charge is -2.22. The molecule has 2 aromatic rings. The van der Waals surface area contributed by atoms with Crippen molar-refractivity contribution in [2.45, 2.75) is 46.6 Å². The molecule has 0 spiro atoms. The van der Waals surface area contributed by atoms with Crippen LogP contribution in [0.3, 0.4) is 0 Å². The third-order valence-corrected chi connectivity index (χ3v) is 3.89. The van der Waals surface area contributed by atoms with Gasteiger partial charge in [0.1, 0.15) is 5.56 Å². The van der Waals surface area contributed by atoms with Gasteiger partial charge in [-0.05, 0) is 57.9 Å². The summed E-state index contributed by atoms with van der Waals surface area (Å²) in [4.78, 5) is 29.2. The first kappa shape index (κ1) is 17.9. The fourth-order valence-corrected chi connectivity index (χ4v) is 2.59. The quantitative estimate of drug-likeness (QED) is 0.939. The summed E-state index contributed by atoms with van der Waals surface area (Å²) in [5.74, 6) is -0.344. The van der Waals surface area contributed by atoms with Crippen LogP contribution in [0.15, 0.2) is 35.4 Å². The molecule has 0 saturated carbocycles. The fourth-order valence-electron chi connectivity index (χ4n) is 2.59. The van der Waals surface area contributed by atoms with E-state index in [0.717, 1.165) is 16.8 Å². The average molecular weight is 327 g/mol. The minimum Gasteiger partial charge on any atom is -0.351 e. The molecule has 2 aromatic heterocycles. The number of carbonyl (C=O) groups is 1. The van der Waals surface area contributed by atoms with E-state index in [2.05, 4.69) is 16.4 Å². The highest BCUT2D eigenvalue weighted by Crippen LogP contribution is 2.11. The number of aryl methyl sites for hydroxylation is 2. The number of nitrogens with one attached hydrogen (secondary N) is 1. The van der Waals surface area contributed by atoms with E-state index in [1.54, 1.807) is 22.9 Å². The van der Waals surface area contributed by atoms with E-state index in [-0.39, 0.29) is 22.6 Å². The molecule has 0 aliphatic rings. The Labute approximate surface area is 142 Å². The largest absolute Gasteiger partial charge is 0.351 e. The van der Waals surface area contributed by atoms with Crippen LogP contribution in [0.4, 0.5) is 0 Å². The number of amides is 1. The highest BCUT2D eigenvalue weighted by Gasteiger charge is 2.18. The molecule has 0 atom stereocenters. The molecule has 2 heterocycles. The molecule has 0 radical (unpaired) electrons. The van der Waals surface area contributed by atoms with Crippen LogP contribution in [0.1, 0.15) is 48.0 Å². The Morgan fingerprint density at radius 3 is 2.62 bits per heavy atom. The van der Waals surface area contributed by atoms with Crippen LogP contribution in [0.2, 0.25) is 0 Å². The highest BCUT2D eigenvalue weighted by molar-refractivity contribution is 5.93. The molecule has 0 fully saturated rings. The zero-order chi connectivity index (χ0) is 17.9. The van der Waals surface area contributed by atoms with Gasteiger partial charge in [0.15, 0.2) is 0 Å². The Bertz CT molecular complexity index is 801. The van der Waals surface area contributed by atoms with Gasteiger partial charge in [-0.25, -0.2) is 0 Å². The lowest BCUT2D eigenvalue weighted by molar-refractivity contribution is 0.0951. The van der Waals surface area contributed by atoms with Crippen LogP contribution >= 0.6 is 0 Å². The van der Waals surface area contributed by atoms with Crippen molar-refractivity contribution in [2.24, 2.45) is 0 Å². The van der Waals surface area contributed by atoms with Gasteiger partial charge in [0.2, 0.25) is 0 Å². The molecule has 2 rings (SSSR count). The summed E-state index contributed by atoms with van der Waals surface area (Å²) < 4.78 is 1.58. The van der Waals surface area contributed by atoms with Gasteiger partial charge in [-0.15, -0.1) is 0 Å². The number of aromatic nitrogens is 2. The van der Waals surface area contributed by atoms with E-state index in [0.29, 0.717) is 13.0 Å². The second-order valence-electron chi connectivity index (χ2n) is 7.05. The summed E-state index contributed by atoms with van der Waals surface area (Å²) in [6.07, 6.45) is 4.17. The van der Waals surface area contributed by atoms with Gasteiger partial charge in [-0.1, -0.05) is 6.07 Å². The number of hydrogen-bond donors (Lipinski definition) is 1. The van der Waals surface area contributed by atoms with E-state index in [1.807, 2.05) is 40.8 Å². The average Bonchev–Trinajstić information content (AvgIpc) is 2.48. The molecule has 128 valence electrons. The summed E-state index contributed by atoms with van der Waals surface area (Å²) in [6, 6.07) is 5.37. The van der Waals surface area contributed by atoms with E-state index < -0.39 is 0 Å². The van der Waals surface area contributed by atoms with Crippen molar-refractivity contribution in [3.8, 4) is 0 Å². The standard InChI is InChI=1S/C19H25N3O2/c1-13-11-14(2)16(21-12-13)8-9-20-17(23)15-7-6-10-22(18(15)24)19(3,4)5/h6-7,10-12H,8-9H2,1-5H3,(H,20,23). The Morgan fingerprint density at radius 2 is 2.00 bits per heavy atom. The van der Waals surface area contributed by atoms with Crippen molar-refractivity contribution < 1.29 is 4.79 Å². The maximum absolute atomic E-state index is 12.5. The van der Waals surface area contributed by atoms with E-state index in [4.69, 9.17) is 0 Å². The summed E-state index contributed by atoms with van der Waals surface area (Å²) in [5.41, 5.74) is 2.72. The molecule has 1 N–H and O–H groups in total. The Kier molecular flexibility index (Phi) is 5.22. The second kappa shape index (κ2) is 6.99. The van der Waals surface area contributed by atoms with Crippen molar-refractivity contribution in [3.63, 3.8) is 0 Å². The van der Waals surface area contributed by atoms with E-state index in [9.17, 15) is 9.59 Å². The molecule has 0 aromatic carbocycles. The molecule has 0 saturated heterocycles. The smallest absolute Gasteiger partial charge is 0.263 e. The monoisotopic (exact) mass is 327 g/mol. The fraction of sp³-hybridized carbons (Fsp3) is 0.421. The first-order valence-corrected chi connectivity index (χ1v) is 8.12. The summed E-state index contributed by atoms with van der Waals surface area (Å²) >= 11 is 0. The lowest BCUT2D eigenvalue weighted by atomic mass is 10.1. The maximum atomic E-state index is 12.5. The third kappa shape index (κ3) is 4.10. The molecule has 24 heavy (non-hydrogen) atoms. The number of rotatable bonds is 4. The molecule has 0 aliphatic heterocycles. The van der Waals surface area contributed by atoms with Crippen molar-refractivity contribution in [3.05, 3.63) is 63.3 Å². The normalized spacial score (nSPS) is 11.4. The number of carbonyl (C=O) groups excluding carboxylic acids is 1.